The van der Waals surface area contributed by atoms with Crippen molar-refractivity contribution in [2.24, 2.45) is 0 Å². The summed E-state index contributed by atoms with van der Waals surface area (Å²) in [5, 5.41) is 10.9. The van der Waals surface area contributed by atoms with Crippen LogP contribution in [0.4, 0.5) is 0 Å². The van der Waals surface area contributed by atoms with Gasteiger partial charge in [-0.15, -0.1) is 0 Å². The number of aliphatic carboxylic acids is 1. The number of nitrogens with zero attached hydrogens (tertiary/aromatic N) is 3. The van der Waals surface area contributed by atoms with Gasteiger partial charge < -0.3 is 9.67 Å². The van der Waals surface area contributed by atoms with Gasteiger partial charge in [0.05, 0.1) is 21.1 Å². The molecule has 0 atom stereocenters. The Labute approximate surface area is 162 Å². The van der Waals surface area contributed by atoms with Crippen molar-refractivity contribution >= 4 is 63.6 Å². The molecule has 2 heterocycles. The number of hydrogen-bond acceptors (Lipinski definition) is 4. The minimum Gasteiger partial charge on any atom is -0.481 e. The number of carbonyl (C=O) groups is 1. The van der Waals surface area contributed by atoms with Crippen LogP contribution < -0.4 is 0 Å². The van der Waals surface area contributed by atoms with Crippen LogP contribution in [0.3, 0.4) is 0 Å². The molecular weight excluding hydrogens is 405 g/mol. The molecule has 5 nitrogen and oxygen atoms in total. The molecule has 130 valence electrons. The Morgan fingerprint density at radius 1 is 1.16 bits per heavy atom. The van der Waals surface area contributed by atoms with E-state index in [1.54, 1.807) is 0 Å². The molecule has 0 amide bonds. The van der Waals surface area contributed by atoms with Crippen LogP contribution in [0.15, 0.2) is 40.5 Å². The maximum absolute atomic E-state index is 10.8. The minimum atomic E-state index is -0.826. The van der Waals surface area contributed by atoms with Gasteiger partial charge in [0.25, 0.3) is 0 Å². The first-order valence-corrected chi connectivity index (χ1v) is 9.27. The highest BCUT2D eigenvalue weighted by molar-refractivity contribution is 7.99. The Kier molecular flexibility index (Phi) is 5.74. The van der Waals surface area contributed by atoms with Crippen LogP contribution in [0, 0.1) is 0 Å². The van der Waals surface area contributed by atoms with Crippen molar-refractivity contribution in [1.29, 1.82) is 0 Å². The summed E-state index contributed by atoms with van der Waals surface area (Å²) < 4.78 is 1.96. The average Bonchev–Trinajstić information content (AvgIpc) is 2.90. The summed E-state index contributed by atoms with van der Waals surface area (Å²) in [6, 6.07) is 9.19. The standard InChI is InChI=1S/C16H12Cl3N3O2S/c17-9-8-10(18)15(21-14(9)19)25-16-20-11-4-1-2-5-12(11)22(16)7-3-6-13(23)24/h1-2,4-5,8H,3,6-7H2,(H,23,24). The number of rotatable bonds is 6. The predicted molar refractivity (Wildman–Crippen MR) is 100.0 cm³/mol. The number of aromatic nitrogens is 3. The van der Waals surface area contributed by atoms with Crippen LogP contribution in [0.5, 0.6) is 0 Å². The first kappa shape index (κ1) is 18.3. The number of carboxylic acid groups (broad SMARTS) is 1. The summed E-state index contributed by atoms with van der Waals surface area (Å²) in [6.45, 7) is 0.522. The summed E-state index contributed by atoms with van der Waals surface area (Å²) in [4.78, 5) is 19.6. The minimum absolute atomic E-state index is 0.0857. The van der Waals surface area contributed by atoms with E-state index in [0.717, 1.165) is 11.0 Å². The molecular formula is C16H12Cl3N3O2S. The lowest BCUT2D eigenvalue weighted by Gasteiger charge is -2.09. The van der Waals surface area contributed by atoms with E-state index in [0.29, 0.717) is 28.2 Å². The van der Waals surface area contributed by atoms with Gasteiger partial charge in [-0.1, -0.05) is 46.9 Å². The van der Waals surface area contributed by atoms with Crippen LogP contribution in [0.1, 0.15) is 12.8 Å². The van der Waals surface area contributed by atoms with E-state index in [-0.39, 0.29) is 16.6 Å². The third-order valence-electron chi connectivity index (χ3n) is 3.43. The quantitative estimate of drug-likeness (QED) is 0.544. The number of hydrogen-bond donors (Lipinski definition) is 1. The third kappa shape index (κ3) is 4.20. The first-order chi connectivity index (χ1) is 12.0. The second-order valence-electron chi connectivity index (χ2n) is 5.18. The van der Waals surface area contributed by atoms with E-state index in [2.05, 4.69) is 9.97 Å². The third-order valence-corrected chi connectivity index (χ3v) is 5.51. The summed E-state index contributed by atoms with van der Waals surface area (Å²) >= 11 is 19.4. The number of fused-ring (bicyclic) bond motifs is 1. The highest BCUT2D eigenvalue weighted by Crippen LogP contribution is 2.36. The Morgan fingerprint density at radius 2 is 1.92 bits per heavy atom. The van der Waals surface area contributed by atoms with Crippen molar-refractivity contribution in [2.75, 3.05) is 0 Å². The zero-order chi connectivity index (χ0) is 18.0. The molecule has 0 aliphatic heterocycles. The molecule has 25 heavy (non-hydrogen) atoms. The topological polar surface area (TPSA) is 68.0 Å². The molecule has 0 aliphatic carbocycles. The lowest BCUT2D eigenvalue weighted by atomic mass is 10.3. The maximum Gasteiger partial charge on any atom is 0.303 e. The van der Waals surface area contributed by atoms with E-state index in [1.165, 1.54) is 17.8 Å². The number of imidazole rings is 1. The molecule has 1 N–H and O–H groups in total. The molecule has 0 unspecified atom stereocenters. The van der Waals surface area contributed by atoms with Gasteiger partial charge in [-0.25, -0.2) is 9.97 Å². The largest absolute Gasteiger partial charge is 0.481 e. The van der Waals surface area contributed by atoms with E-state index in [9.17, 15) is 4.79 Å². The lowest BCUT2D eigenvalue weighted by Crippen LogP contribution is -2.03. The number of para-hydroxylation sites is 2. The van der Waals surface area contributed by atoms with E-state index < -0.39 is 5.97 Å². The summed E-state index contributed by atoms with van der Waals surface area (Å²) in [6.07, 6.45) is 0.578. The van der Waals surface area contributed by atoms with Crippen LogP contribution in [0.2, 0.25) is 15.2 Å². The molecule has 3 rings (SSSR count). The number of aryl methyl sites for hydroxylation is 1. The highest BCUT2D eigenvalue weighted by Gasteiger charge is 2.16. The molecule has 0 saturated heterocycles. The number of carboxylic acids is 1. The summed E-state index contributed by atoms with van der Waals surface area (Å²) in [5.74, 6) is -0.826. The first-order valence-electron chi connectivity index (χ1n) is 7.32. The van der Waals surface area contributed by atoms with Crippen molar-refractivity contribution in [1.82, 2.24) is 14.5 Å². The van der Waals surface area contributed by atoms with E-state index in [1.807, 2.05) is 28.8 Å². The molecule has 0 bridgehead atoms. The van der Waals surface area contributed by atoms with Crippen molar-refractivity contribution in [3.63, 3.8) is 0 Å². The van der Waals surface area contributed by atoms with Crippen LogP contribution in [0.25, 0.3) is 11.0 Å². The molecule has 2 aromatic heterocycles. The Morgan fingerprint density at radius 3 is 2.68 bits per heavy atom. The monoisotopic (exact) mass is 415 g/mol. The van der Waals surface area contributed by atoms with Gasteiger partial charge in [-0.05, 0) is 36.4 Å². The van der Waals surface area contributed by atoms with Gasteiger partial charge in [0.15, 0.2) is 5.16 Å². The van der Waals surface area contributed by atoms with Crippen LogP contribution in [-0.4, -0.2) is 25.6 Å². The van der Waals surface area contributed by atoms with Crippen molar-refractivity contribution in [3.8, 4) is 0 Å². The number of halogens is 3. The molecule has 0 fully saturated rings. The van der Waals surface area contributed by atoms with Gasteiger partial charge in [-0.2, -0.15) is 0 Å². The van der Waals surface area contributed by atoms with Gasteiger partial charge in [-0.3, -0.25) is 4.79 Å². The van der Waals surface area contributed by atoms with Crippen molar-refractivity contribution in [2.45, 2.75) is 29.6 Å². The Balaban J connectivity index is 1.97. The van der Waals surface area contributed by atoms with Gasteiger partial charge in [0.1, 0.15) is 10.2 Å². The second kappa shape index (κ2) is 7.83. The number of benzene rings is 1. The maximum atomic E-state index is 10.8. The van der Waals surface area contributed by atoms with Gasteiger partial charge in [0.2, 0.25) is 0 Å². The molecule has 0 aliphatic rings. The SMILES string of the molecule is O=C(O)CCCn1c(Sc2nc(Cl)c(Cl)cc2Cl)nc2ccccc21. The van der Waals surface area contributed by atoms with Crippen LogP contribution in [-0.2, 0) is 11.3 Å². The fraction of sp³-hybridized carbons (Fsp3) is 0.188. The Bertz CT molecular complexity index is 946. The van der Waals surface area contributed by atoms with Gasteiger partial charge >= 0.3 is 5.97 Å². The van der Waals surface area contributed by atoms with E-state index in [4.69, 9.17) is 39.9 Å². The normalized spacial score (nSPS) is 11.2. The molecule has 3 aromatic rings. The molecule has 0 saturated carbocycles. The smallest absolute Gasteiger partial charge is 0.303 e. The zero-order valence-corrected chi connectivity index (χ0v) is 15.8. The molecule has 1 aromatic carbocycles. The van der Waals surface area contributed by atoms with E-state index >= 15 is 0 Å². The van der Waals surface area contributed by atoms with Crippen molar-refractivity contribution in [3.05, 3.63) is 45.5 Å². The molecule has 0 spiro atoms. The predicted octanol–water partition coefficient (Wildman–Crippen LogP) is 5.41. The summed E-state index contributed by atoms with van der Waals surface area (Å²) in [5.41, 5.74) is 1.74. The lowest BCUT2D eigenvalue weighted by molar-refractivity contribution is -0.137. The van der Waals surface area contributed by atoms with Gasteiger partial charge in [0, 0.05) is 13.0 Å². The van der Waals surface area contributed by atoms with Crippen LogP contribution >= 0.6 is 46.6 Å². The summed E-state index contributed by atoms with van der Waals surface area (Å²) in [7, 11) is 0. The fourth-order valence-corrected chi connectivity index (χ4v) is 3.90. The highest BCUT2D eigenvalue weighted by atomic mass is 35.5. The molecule has 9 heteroatoms. The zero-order valence-electron chi connectivity index (χ0n) is 12.7. The second-order valence-corrected chi connectivity index (χ2v) is 7.31. The van der Waals surface area contributed by atoms with Crippen molar-refractivity contribution < 1.29 is 9.90 Å². The molecule has 0 radical (unpaired) electrons. The fourth-order valence-electron chi connectivity index (χ4n) is 2.32. The number of pyridine rings is 1. The average molecular weight is 417 g/mol. The Hall–Kier alpha value is -1.47.